The summed E-state index contributed by atoms with van der Waals surface area (Å²) in [6, 6.07) is 13.0. The third-order valence-electron chi connectivity index (χ3n) is 4.79. The summed E-state index contributed by atoms with van der Waals surface area (Å²) in [5.41, 5.74) is 1.61. The van der Waals surface area contributed by atoms with Crippen LogP contribution in [0.4, 0.5) is 5.69 Å². The summed E-state index contributed by atoms with van der Waals surface area (Å²) in [7, 11) is -3.51. The van der Waals surface area contributed by atoms with Crippen LogP contribution in [-0.4, -0.2) is 44.3 Å². The molecule has 0 saturated carbocycles. The number of amides is 1. The molecule has 1 aliphatic rings. The molecule has 1 aliphatic heterocycles. The highest BCUT2D eigenvalue weighted by Gasteiger charge is 2.25. The highest BCUT2D eigenvalue weighted by molar-refractivity contribution is 7.89. The van der Waals surface area contributed by atoms with Gasteiger partial charge in [-0.25, -0.2) is 13.2 Å². The molecule has 2 aromatic carbocycles. The van der Waals surface area contributed by atoms with Crippen molar-refractivity contribution in [3.05, 3.63) is 59.7 Å². The molecule has 2 aromatic rings. The maximum absolute atomic E-state index is 12.6. The third kappa shape index (κ3) is 5.21. The zero-order chi connectivity index (χ0) is 20.9. The highest BCUT2D eigenvalue weighted by atomic mass is 32.2. The summed E-state index contributed by atoms with van der Waals surface area (Å²) in [6.07, 6.45) is 2.79. The lowest BCUT2D eigenvalue weighted by Crippen LogP contribution is -2.35. The van der Waals surface area contributed by atoms with Crippen LogP contribution in [0.5, 0.6) is 0 Å². The predicted octanol–water partition coefficient (Wildman–Crippen LogP) is 2.97. The Kier molecular flexibility index (Phi) is 6.66. The van der Waals surface area contributed by atoms with E-state index in [9.17, 15) is 18.0 Å². The third-order valence-corrected chi connectivity index (χ3v) is 6.70. The number of piperidine rings is 1. The summed E-state index contributed by atoms with van der Waals surface area (Å²) in [5.74, 6) is -1.07. The molecule has 0 aromatic heterocycles. The molecule has 0 atom stereocenters. The first-order chi connectivity index (χ1) is 13.9. The number of rotatable bonds is 6. The zero-order valence-electron chi connectivity index (χ0n) is 16.3. The van der Waals surface area contributed by atoms with Crippen molar-refractivity contribution in [1.29, 1.82) is 0 Å². The molecule has 1 amide bonds. The average molecular weight is 416 g/mol. The first-order valence-electron chi connectivity index (χ1n) is 9.51. The number of ether oxygens (including phenoxy) is 1. The number of nitrogens with one attached hydrogen (secondary N) is 1. The Morgan fingerprint density at radius 1 is 1.00 bits per heavy atom. The monoisotopic (exact) mass is 416 g/mol. The van der Waals surface area contributed by atoms with E-state index in [1.807, 2.05) is 6.07 Å². The van der Waals surface area contributed by atoms with E-state index in [-0.39, 0.29) is 4.90 Å². The number of anilines is 1. The van der Waals surface area contributed by atoms with Crippen LogP contribution in [0.15, 0.2) is 53.4 Å². The normalized spacial score (nSPS) is 14.9. The van der Waals surface area contributed by atoms with Crippen molar-refractivity contribution in [2.45, 2.75) is 31.1 Å². The van der Waals surface area contributed by atoms with Crippen molar-refractivity contribution in [3.8, 4) is 0 Å². The topological polar surface area (TPSA) is 92.8 Å². The van der Waals surface area contributed by atoms with Gasteiger partial charge < -0.3 is 10.1 Å². The Bertz CT molecular complexity index is 980. The standard InChI is InChI=1S/C21H24N2O5S/c1-16-7-3-4-8-19(16)21(25)28-15-20(24)22-17-9-11-18(12-10-17)29(26,27)23-13-5-2-6-14-23/h3-4,7-12H,2,5-6,13-15H2,1H3,(H,22,24). The van der Waals surface area contributed by atoms with E-state index >= 15 is 0 Å². The summed E-state index contributed by atoms with van der Waals surface area (Å²) in [5, 5.41) is 2.60. The first-order valence-corrected chi connectivity index (χ1v) is 10.9. The quantitative estimate of drug-likeness (QED) is 0.731. The molecule has 154 valence electrons. The smallest absolute Gasteiger partial charge is 0.338 e. The van der Waals surface area contributed by atoms with Gasteiger partial charge in [0, 0.05) is 18.8 Å². The number of hydrogen-bond acceptors (Lipinski definition) is 5. The fourth-order valence-electron chi connectivity index (χ4n) is 3.17. The van der Waals surface area contributed by atoms with Gasteiger partial charge in [-0.05, 0) is 55.7 Å². The molecule has 0 aliphatic carbocycles. The van der Waals surface area contributed by atoms with Crippen LogP contribution < -0.4 is 5.32 Å². The van der Waals surface area contributed by atoms with Crippen LogP contribution in [0, 0.1) is 6.92 Å². The average Bonchev–Trinajstić information content (AvgIpc) is 2.73. The van der Waals surface area contributed by atoms with E-state index in [1.54, 1.807) is 25.1 Å². The lowest BCUT2D eigenvalue weighted by atomic mass is 10.1. The van der Waals surface area contributed by atoms with E-state index in [1.165, 1.54) is 28.6 Å². The molecule has 1 N–H and O–H groups in total. The van der Waals surface area contributed by atoms with Gasteiger partial charge in [-0.1, -0.05) is 24.6 Å². The van der Waals surface area contributed by atoms with Gasteiger partial charge in [0.25, 0.3) is 5.91 Å². The molecule has 0 unspecified atom stereocenters. The van der Waals surface area contributed by atoms with Gasteiger partial charge in [0.05, 0.1) is 10.5 Å². The first kappa shape index (κ1) is 21.0. The largest absolute Gasteiger partial charge is 0.452 e. The summed E-state index contributed by atoms with van der Waals surface area (Å²) < 4.78 is 31.8. The highest BCUT2D eigenvalue weighted by Crippen LogP contribution is 2.22. The van der Waals surface area contributed by atoms with Crippen molar-refractivity contribution < 1.29 is 22.7 Å². The van der Waals surface area contributed by atoms with Gasteiger partial charge in [0.1, 0.15) is 0 Å². The number of carbonyl (C=O) groups is 2. The van der Waals surface area contributed by atoms with Crippen LogP contribution in [0.25, 0.3) is 0 Å². The number of sulfonamides is 1. The number of aryl methyl sites for hydroxylation is 1. The Morgan fingerprint density at radius 3 is 2.31 bits per heavy atom. The van der Waals surface area contributed by atoms with Crippen LogP contribution in [0.3, 0.4) is 0 Å². The van der Waals surface area contributed by atoms with Crippen molar-refractivity contribution in [3.63, 3.8) is 0 Å². The minimum atomic E-state index is -3.51. The Labute approximate surface area is 170 Å². The van der Waals surface area contributed by atoms with E-state index in [0.717, 1.165) is 24.8 Å². The number of nitrogens with zero attached hydrogens (tertiary/aromatic N) is 1. The second-order valence-electron chi connectivity index (χ2n) is 6.93. The molecular weight excluding hydrogens is 392 g/mol. The maximum atomic E-state index is 12.6. The number of carbonyl (C=O) groups excluding carboxylic acids is 2. The van der Waals surface area contributed by atoms with Crippen molar-refractivity contribution >= 4 is 27.6 Å². The van der Waals surface area contributed by atoms with Gasteiger partial charge in [-0.3, -0.25) is 4.79 Å². The summed E-state index contributed by atoms with van der Waals surface area (Å²) in [4.78, 5) is 24.3. The molecule has 0 radical (unpaired) electrons. The van der Waals surface area contributed by atoms with Gasteiger partial charge in [0.2, 0.25) is 10.0 Å². The SMILES string of the molecule is Cc1ccccc1C(=O)OCC(=O)Nc1ccc(S(=O)(=O)N2CCCCC2)cc1. The van der Waals surface area contributed by atoms with Crippen molar-refractivity contribution in [1.82, 2.24) is 4.31 Å². The van der Waals surface area contributed by atoms with E-state index < -0.39 is 28.5 Å². The number of hydrogen-bond donors (Lipinski definition) is 1. The molecule has 1 fully saturated rings. The lowest BCUT2D eigenvalue weighted by Gasteiger charge is -2.25. The molecule has 7 nitrogen and oxygen atoms in total. The second kappa shape index (κ2) is 9.19. The van der Waals surface area contributed by atoms with Crippen LogP contribution in [-0.2, 0) is 19.6 Å². The second-order valence-corrected chi connectivity index (χ2v) is 8.87. The maximum Gasteiger partial charge on any atom is 0.338 e. The van der Waals surface area contributed by atoms with Gasteiger partial charge >= 0.3 is 5.97 Å². The minimum absolute atomic E-state index is 0.198. The fraction of sp³-hybridized carbons (Fsp3) is 0.333. The van der Waals surface area contributed by atoms with Crippen molar-refractivity contribution in [2.24, 2.45) is 0 Å². The van der Waals surface area contributed by atoms with E-state index in [0.29, 0.717) is 24.3 Å². The molecule has 3 rings (SSSR count). The Hall–Kier alpha value is -2.71. The predicted molar refractivity (Wildman–Crippen MR) is 109 cm³/mol. The molecular formula is C21H24N2O5S. The molecule has 29 heavy (non-hydrogen) atoms. The lowest BCUT2D eigenvalue weighted by molar-refractivity contribution is -0.119. The van der Waals surface area contributed by atoms with Gasteiger partial charge in [0.15, 0.2) is 6.61 Å². The molecule has 0 bridgehead atoms. The molecule has 1 heterocycles. The van der Waals surface area contributed by atoms with Crippen LogP contribution >= 0.6 is 0 Å². The van der Waals surface area contributed by atoms with Crippen molar-refractivity contribution in [2.75, 3.05) is 25.0 Å². The number of esters is 1. The van der Waals surface area contributed by atoms with Crippen LogP contribution in [0.2, 0.25) is 0 Å². The van der Waals surface area contributed by atoms with Gasteiger partial charge in [-0.2, -0.15) is 4.31 Å². The Morgan fingerprint density at radius 2 is 1.66 bits per heavy atom. The minimum Gasteiger partial charge on any atom is -0.452 e. The molecule has 8 heteroatoms. The zero-order valence-corrected chi connectivity index (χ0v) is 17.1. The molecule has 1 saturated heterocycles. The number of benzene rings is 2. The summed E-state index contributed by atoms with van der Waals surface area (Å²) >= 11 is 0. The fourth-order valence-corrected chi connectivity index (χ4v) is 4.69. The van der Waals surface area contributed by atoms with E-state index in [4.69, 9.17) is 4.74 Å². The van der Waals surface area contributed by atoms with Gasteiger partial charge in [-0.15, -0.1) is 0 Å². The Balaban J connectivity index is 1.56. The van der Waals surface area contributed by atoms with E-state index in [2.05, 4.69) is 5.32 Å². The molecule has 0 spiro atoms. The summed E-state index contributed by atoms with van der Waals surface area (Å²) in [6.45, 7) is 2.43. The van der Waals surface area contributed by atoms with Crippen LogP contribution in [0.1, 0.15) is 35.2 Å².